The van der Waals surface area contributed by atoms with Crippen molar-refractivity contribution >= 4 is 0 Å². The molecule has 1 unspecified atom stereocenters. The Kier molecular flexibility index (Phi) is 3.59. The first-order valence-corrected chi connectivity index (χ1v) is 6.09. The van der Waals surface area contributed by atoms with Crippen LogP contribution in [0.15, 0.2) is 10.9 Å². The first-order chi connectivity index (χ1) is 8.14. The van der Waals surface area contributed by atoms with Crippen molar-refractivity contribution in [2.45, 2.75) is 38.2 Å². The first-order valence-electron chi connectivity index (χ1n) is 6.09. The van der Waals surface area contributed by atoms with Crippen molar-refractivity contribution in [1.82, 2.24) is 9.97 Å². The van der Waals surface area contributed by atoms with E-state index >= 15 is 0 Å². The zero-order chi connectivity index (χ0) is 12.3. The molecule has 17 heavy (non-hydrogen) atoms. The fraction of sp³-hybridized carbons (Fsp3) is 0.667. The van der Waals surface area contributed by atoms with Gasteiger partial charge in [0.15, 0.2) is 0 Å². The summed E-state index contributed by atoms with van der Waals surface area (Å²) in [4.78, 5) is 18.8. The van der Waals surface area contributed by atoms with Crippen molar-refractivity contribution in [2.75, 3.05) is 13.2 Å². The molecule has 0 bridgehead atoms. The van der Waals surface area contributed by atoms with Crippen LogP contribution in [0.25, 0.3) is 0 Å². The summed E-state index contributed by atoms with van der Waals surface area (Å²) < 4.78 is 5.78. The van der Waals surface area contributed by atoms with E-state index in [4.69, 9.17) is 10.5 Å². The van der Waals surface area contributed by atoms with Crippen LogP contribution in [0.1, 0.15) is 37.7 Å². The van der Waals surface area contributed by atoms with Gasteiger partial charge in [0, 0.05) is 24.8 Å². The number of nitrogens with two attached hydrogens (primary N) is 1. The zero-order valence-electron chi connectivity index (χ0n) is 10.2. The van der Waals surface area contributed by atoms with Crippen molar-refractivity contribution in [3.8, 4) is 0 Å². The molecule has 5 heteroatoms. The number of H-pyrrole nitrogens is 1. The predicted molar refractivity (Wildman–Crippen MR) is 64.8 cm³/mol. The normalized spacial score (nSPS) is 24.8. The molecule has 1 aromatic rings. The van der Waals surface area contributed by atoms with E-state index in [0.29, 0.717) is 18.8 Å². The number of aromatic amines is 1. The number of hydrogen-bond acceptors (Lipinski definition) is 4. The minimum atomic E-state index is -0.456. The molecule has 1 aromatic heterocycles. The Hall–Kier alpha value is -1.20. The summed E-state index contributed by atoms with van der Waals surface area (Å²) in [6, 6.07) is 1.50. The lowest BCUT2D eigenvalue weighted by molar-refractivity contribution is -0.0763. The topological polar surface area (TPSA) is 81.0 Å². The highest BCUT2D eigenvalue weighted by Crippen LogP contribution is 2.31. The molecule has 0 radical (unpaired) electrons. The Labute approximate surface area is 100 Å². The van der Waals surface area contributed by atoms with Gasteiger partial charge in [-0.1, -0.05) is 0 Å². The summed E-state index contributed by atoms with van der Waals surface area (Å²) in [7, 11) is 0. The van der Waals surface area contributed by atoms with Crippen LogP contribution in [-0.4, -0.2) is 23.1 Å². The Morgan fingerprint density at radius 3 is 3.06 bits per heavy atom. The third-order valence-electron chi connectivity index (χ3n) is 3.16. The first kappa shape index (κ1) is 12.3. The van der Waals surface area contributed by atoms with Gasteiger partial charge in [-0.3, -0.25) is 4.79 Å². The lowest BCUT2D eigenvalue weighted by Gasteiger charge is -2.32. The van der Waals surface area contributed by atoms with E-state index in [9.17, 15) is 4.79 Å². The standard InChI is InChI=1S/C12H19N3O2/c1-12(5-2-3-7-17-12)11-14-9(4-6-13)8-10(16)15-11/h8H,2-7,13H2,1H3,(H,14,15,16). The molecule has 1 saturated heterocycles. The van der Waals surface area contributed by atoms with Crippen molar-refractivity contribution in [1.29, 1.82) is 0 Å². The van der Waals surface area contributed by atoms with Gasteiger partial charge < -0.3 is 15.5 Å². The lowest BCUT2D eigenvalue weighted by Crippen LogP contribution is -2.34. The van der Waals surface area contributed by atoms with E-state index in [1.165, 1.54) is 6.07 Å². The molecule has 0 aliphatic carbocycles. The lowest BCUT2D eigenvalue weighted by atomic mass is 9.95. The SMILES string of the molecule is CC1(c2nc(CCN)cc(=O)[nH]2)CCCCO1. The maximum absolute atomic E-state index is 11.6. The second-order valence-electron chi connectivity index (χ2n) is 4.66. The van der Waals surface area contributed by atoms with Crippen molar-refractivity contribution in [3.05, 3.63) is 27.9 Å². The van der Waals surface area contributed by atoms with Crippen LogP contribution >= 0.6 is 0 Å². The van der Waals surface area contributed by atoms with Crippen LogP contribution in [0.4, 0.5) is 0 Å². The molecule has 2 rings (SSSR count). The van der Waals surface area contributed by atoms with Crippen molar-refractivity contribution < 1.29 is 4.74 Å². The fourth-order valence-electron chi connectivity index (χ4n) is 2.16. The van der Waals surface area contributed by atoms with Crippen LogP contribution in [0.3, 0.4) is 0 Å². The molecule has 1 atom stereocenters. The number of rotatable bonds is 3. The molecule has 2 heterocycles. The molecule has 1 fully saturated rings. The molecule has 3 N–H and O–H groups in total. The van der Waals surface area contributed by atoms with E-state index in [0.717, 1.165) is 31.6 Å². The van der Waals surface area contributed by atoms with Gasteiger partial charge in [-0.25, -0.2) is 4.98 Å². The van der Waals surface area contributed by atoms with E-state index in [-0.39, 0.29) is 5.56 Å². The van der Waals surface area contributed by atoms with Crippen molar-refractivity contribution in [3.63, 3.8) is 0 Å². The predicted octanol–water partition coefficient (Wildman–Crippen LogP) is 0.687. The summed E-state index contributed by atoms with van der Waals surface area (Å²) in [5, 5.41) is 0. The maximum atomic E-state index is 11.6. The van der Waals surface area contributed by atoms with Crippen LogP contribution in [-0.2, 0) is 16.8 Å². The van der Waals surface area contributed by atoms with E-state index in [1.807, 2.05) is 6.92 Å². The third-order valence-corrected chi connectivity index (χ3v) is 3.16. The minimum Gasteiger partial charge on any atom is -0.367 e. The van der Waals surface area contributed by atoms with Crippen LogP contribution in [0.5, 0.6) is 0 Å². The van der Waals surface area contributed by atoms with E-state index in [1.54, 1.807) is 0 Å². The Balaban J connectivity index is 2.33. The quantitative estimate of drug-likeness (QED) is 0.810. The highest BCUT2D eigenvalue weighted by atomic mass is 16.5. The maximum Gasteiger partial charge on any atom is 0.251 e. The number of ether oxygens (including phenoxy) is 1. The third kappa shape index (κ3) is 2.73. The zero-order valence-corrected chi connectivity index (χ0v) is 10.2. The Bertz CT molecular complexity index is 436. The molecule has 1 aliphatic rings. The van der Waals surface area contributed by atoms with Gasteiger partial charge in [0.1, 0.15) is 11.4 Å². The van der Waals surface area contributed by atoms with Gasteiger partial charge in [-0.2, -0.15) is 0 Å². The Morgan fingerprint density at radius 2 is 2.41 bits per heavy atom. The number of hydrogen-bond donors (Lipinski definition) is 2. The largest absolute Gasteiger partial charge is 0.367 e. The highest BCUT2D eigenvalue weighted by Gasteiger charge is 2.32. The molecule has 5 nitrogen and oxygen atoms in total. The Morgan fingerprint density at radius 1 is 1.59 bits per heavy atom. The highest BCUT2D eigenvalue weighted by molar-refractivity contribution is 5.09. The molecule has 0 amide bonds. The van der Waals surface area contributed by atoms with Crippen LogP contribution in [0, 0.1) is 0 Å². The number of nitrogens with zero attached hydrogens (tertiary/aromatic N) is 1. The van der Waals surface area contributed by atoms with Gasteiger partial charge in [0.2, 0.25) is 0 Å². The summed E-state index contributed by atoms with van der Waals surface area (Å²) in [5.41, 5.74) is 5.64. The second-order valence-corrected chi connectivity index (χ2v) is 4.66. The van der Waals surface area contributed by atoms with Crippen LogP contribution < -0.4 is 11.3 Å². The smallest absolute Gasteiger partial charge is 0.251 e. The molecule has 0 saturated carbocycles. The van der Waals surface area contributed by atoms with Gasteiger partial charge in [0.25, 0.3) is 5.56 Å². The summed E-state index contributed by atoms with van der Waals surface area (Å²) in [5.74, 6) is 0.633. The van der Waals surface area contributed by atoms with E-state index < -0.39 is 5.60 Å². The number of aromatic nitrogens is 2. The average Bonchev–Trinajstić information content (AvgIpc) is 2.30. The average molecular weight is 237 g/mol. The number of nitrogens with one attached hydrogen (secondary N) is 1. The van der Waals surface area contributed by atoms with Gasteiger partial charge >= 0.3 is 0 Å². The summed E-state index contributed by atoms with van der Waals surface area (Å²) >= 11 is 0. The minimum absolute atomic E-state index is 0.131. The summed E-state index contributed by atoms with van der Waals surface area (Å²) in [6.45, 7) is 3.20. The van der Waals surface area contributed by atoms with Crippen molar-refractivity contribution in [2.24, 2.45) is 5.73 Å². The van der Waals surface area contributed by atoms with Gasteiger partial charge in [-0.15, -0.1) is 0 Å². The molecular weight excluding hydrogens is 218 g/mol. The molecular formula is C12H19N3O2. The molecule has 0 spiro atoms. The molecule has 1 aliphatic heterocycles. The van der Waals surface area contributed by atoms with Gasteiger partial charge in [0.05, 0.1) is 0 Å². The summed E-state index contributed by atoms with van der Waals surface area (Å²) in [6.07, 6.45) is 3.68. The molecule has 0 aromatic carbocycles. The fourth-order valence-corrected chi connectivity index (χ4v) is 2.16. The molecule has 94 valence electrons. The second kappa shape index (κ2) is 4.98. The van der Waals surface area contributed by atoms with E-state index in [2.05, 4.69) is 9.97 Å². The monoisotopic (exact) mass is 237 g/mol. The van der Waals surface area contributed by atoms with Gasteiger partial charge in [-0.05, 0) is 32.7 Å². The van der Waals surface area contributed by atoms with Crippen LogP contribution in [0.2, 0.25) is 0 Å².